The second-order valence-electron chi connectivity index (χ2n) is 4.69. The van der Waals surface area contributed by atoms with E-state index in [0.29, 0.717) is 6.04 Å². The summed E-state index contributed by atoms with van der Waals surface area (Å²) in [4.78, 5) is 2.51. The van der Waals surface area contributed by atoms with Crippen LogP contribution in [0.1, 0.15) is 12.8 Å². The minimum atomic E-state index is 0.670. The van der Waals surface area contributed by atoms with Gasteiger partial charge in [0.1, 0.15) is 12.4 Å². The van der Waals surface area contributed by atoms with Gasteiger partial charge in [-0.1, -0.05) is 11.6 Å². The van der Waals surface area contributed by atoms with Crippen LogP contribution in [0, 0.1) is 0 Å². The Bertz CT molecular complexity index is 355. The monoisotopic (exact) mass is 268 g/mol. The van der Waals surface area contributed by atoms with Crippen LogP contribution in [0.2, 0.25) is 5.02 Å². The van der Waals surface area contributed by atoms with Gasteiger partial charge in [0.2, 0.25) is 0 Å². The highest BCUT2D eigenvalue weighted by atomic mass is 35.5. The van der Waals surface area contributed by atoms with Gasteiger partial charge < -0.3 is 10.1 Å². The maximum absolute atomic E-state index is 5.83. The molecule has 1 atom stereocenters. The predicted octanol–water partition coefficient (Wildman–Crippen LogP) is 2.40. The van der Waals surface area contributed by atoms with Crippen molar-refractivity contribution < 1.29 is 4.74 Å². The zero-order valence-corrected chi connectivity index (χ0v) is 11.6. The number of hydrogen-bond acceptors (Lipinski definition) is 3. The van der Waals surface area contributed by atoms with Crippen LogP contribution in [0.15, 0.2) is 24.3 Å². The molecule has 1 aromatic rings. The molecular formula is C14H21ClN2O. The smallest absolute Gasteiger partial charge is 0.119 e. The van der Waals surface area contributed by atoms with Gasteiger partial charge in [-0.3, -0.25) is 4.90 Å². The molecule has 0 bridgehead atoms. The SMILES string of the molecule is CNCC1CCCN1CCOc1ccc(Cl)cc1. The van der Waals surface area contributed by atoms with Crippen molar-refractivity contribution in [2.75, 3.05) is 33.3 Å². The Balaban J connectivity index is 1.73. The molecule has 4 heteroatoms. The molecule has 2 rings (SSSR count). The van der Waals surface area contributed by atoms with E-state index in [9.17, 15) is 0 Å². The van der Waals surface area contributed by atoms with Crippen molar-refractivity contribution in [3.8, 4) is 5.75 Å². The number of likely N-dealkylation sites (tertiary alicyclic amines) is 1. The molecule has 0 spiro atoms. The highest BCUT2D eigenvalue weighted by Crippen LogP contribution is 2.17. The number of nitrogens with one attached hydrogen (secondary N) is 1. The summed E-state index contributed by atoms with van der Waals surface area (Å²) in [6, 6.07) is 8.21. The zero-order valence-electron chi connectivity index (χ0n) is 10.9. The topological polar surface area (TPSA) is 24.5 Å². The van der Waals surface area contributed by atoms with E-state index in [1.54, 1.807) is 0 Å². The number of halogens is 1. The van der Waals surface area contributed by atoms with Crippen LogP contribution in [0.3, 0.4) is 0 Å². The number of nitrogens with zero attached hydrogens (tertiary/aromatic N) is 1. The first kappa shape index (κ1) is 13.7. The molecule has 1 unspecified atom stereocenters. The number of likely N-dealkylation sites (N-methyl/N-ethyl adjacent to an activating group) is 1. The van der Waals surface area contributed by atoms with Crippen molar-refractivity contribution in [2.24, 2.45) is 0 Å². The van der Waals surface area contributed by atoms with E-state index in [1.165, 1.54) is 19.4 Å². The van der Waals surface area contributed by atoms with E-state index in [1.807, 2.05) is 31.3 Å². The summed E-state index contributed by atoms with van der Waals surface area (Å²) in [5.74, 6) is 0.892. The molecule has 0 saturated carbocycles. The van der Waals surface area contributed by atoms with Gasteiger partial charge in [0.25, 0.3) is 0 Å². The van der Waals surface area contributed by atoms with Crippen LogP contribution >= 0.6 is 11.6 Å². The van der Waals surface area contributed by atoms with E-state index < -0.39 is 0 Å². The first-order chi connectivity index (χ1) is 8.79. The van der Waals surface area contributed by atoms with Crippen molar-refractivity contribution in [1.29, 1.82) is 0 Å². The number of hydrogen-bond donors (Lipinski definition) is 1. The summed E-state index contributed by atoms with van der Waals surface area (Å²) >= 11 is 5.83. The second-order valence-corrected chi connectivity index (χ2v) is 5.13. The molecule has 1 aliphatic heterocycles. The first-order valence-electron chi connectivity index (χ1n) is 6.56. The molecule has 1 N–H and O–H groups in total. The van der Waals surface area contributed by atoms with Crippen molar-refractivity contribution in [3.05, 3.63) is 29.3 Å². The Labute approximate surface area is 114 Å². The normalized spacial score (nSPS) is 20.2. The highest BCUT2D eigenvalue weighted by Gasteiger charge is 2.23. The Hall–Kier alpha value is -0.770. The molecule has 100 valence electrons. The fourth-order valence-electron chi connectivity index (χ4n) is 2.47. The lowest BCUT2D eigenvalue weighted by Gasteiger charge is -2.24. The maximum Gasteiger partial charge on any atom is 0.119 e. The van der Waals surface area contributed by atoms with Gasteiger partial charge >= 0.3 is 0 Å². The van der Waals surface area contributed by atoms with E-state index in [0.717, 1.165) is 30.5 Å². The van der Waals surface area contributed by atoms with Gasteiger partial charge in [-0.2, -0.15) is 0 Å². The molecule has 1 saturated heterocycles. The summed E-state index contributed by atoms with van der Waals surface area (Å²) in [5.41, 5.74) is 0. The lowest BCUT2D eigenvalue weighted by Crippen LogP contribution is -2.38. The Morgan fingerprint density at radius 2 is 2.17 bits per heavy atom. The lowest BCUT2D eigenvalue weighted by molar-refractivity contribution is 0.195. The Kier molecular flexibility index (Phi) is 5.29. The quantitative estimate of drug-likeness (QED) is 0.858. The fourth-order valence-corrected chi connectivity index (χ4v) is 2.59. The predicted molar refractivity (Wildman–Crippen MR) is 75.5 cm³/mol. The highest BCUT2D eigenvalue weighted by molar-refractivity contribution is 6.30. The third-order valence-electron chi connectivity index (χ3n) is 3.40. The molecule has 3 nitrogen and oxygen atoms in total. The lowest BCUT2D eigenvalue weighted by atomic mass is 10.2. The van der Waals surface area contributed by atoms with Crippen LogP contribution in [-0.4, -0.2) is 44.2 Å². The standard InChI is InChI=1S/C14H21ClN2O/c1-16-11-13-3-2-8-17(13)9-10-18-14-6-4-12(15)5-7-14/h4-7,13,16H,2-3,8-11H2,1H3. The van der Waals surface area contributed by atoms with Crippen LogP contribution < -0.4 is 10.1 Å². The van der Waals surface area contributed by atoms with Crippen LogP contribution in [-0.2, 0) is 0 Å². The molecule has 0 aliphatic carbocycles. The molecule has 1 aromatic carbocycles. The molecule has 1 heterocycles. The maximum atomic E-state index is 5.83. The molecule has 18 heavy (non-hydrogen) atoms. The third-order valence-corrected chi connectivity index (χ3v) is 3.65. The van der Waals surface area contributed by atoms with Crippen molar-refractivity contribution in [1.82, 2.24) is 10.2 Å². The number of rotatable bonds is 6. The van der Waals surface area contributed by atoms with E-state index in [-0.39, 0.29) is 0 Å². The Morgan fingerprint density at radius 3 is 2.89 bits per heavy atom. The first-order valence-corrected chi connectivity index (χ1v) is 6.94. The molecular weight excluding hydrogens is 248 g/mol. The summed E-state index contributed by atoms with van der Waals surface area (Å²) in [6.07, 6.45) is 2.59. The van der Waals surface area contributed by atoms with Gasteiger partial charge in [-0.05, 0) is 50.7 Å². The van der Waals surface area contributed by atoms with Gasteiger partial charge in [-0.15, -0.1) is 0 Å². The van der Waals surface area contributed by atoms with Gasteiger partial charge in [-0.25, -0.2) is 0 Å². The fraction of sp³-hybridized carbons (Fsp3) is 0.571. The van der Waals surface area contributed by atoms with Gasteiger partial charge in [0.05, 0.1) is 0 Å². The van der Waals surface area contributed by atoms with Crippen molar-refractivity contribution in [2.45, 2.75) is 18.9 Å². The molecule has 0 aromatic heterocycles. The van der Waals surface area contributed by atoms with Crippen LogP contribution in [0.4, 0.5) is 0 Å². The third kappa shape index (κ3) is 3.87. The van der Waals surface area contributed by atoms with Crippen LogP contribution in [0.25, 0.3) is 0 Å². The van der Waals surface area contributed by atoms with Crippen LogP contribution in [0.5, 0.6) is 5.75 Å². The largest absolute Gasteiger partial charge is 0.492 e. The van der Waals surface area contributed by atoms with Gasteiger partial charge in [0, 0.05) is 24.2 Å². The van der Waals surface area contributed by atoms with Crippen molar-refractivity contribution >= 4 is 11.6 Å². The summed E-state index contributed by atoms with van der Waals surface area (Å²) in [7, 11) is 2.01. The van der Waals surface area contributed by atoms with E-state index >= 15 is 0 Å². The minimum absolute atomic E-state index is 0.670. The number of ether oxygens (including phenoxy) is 1. The molecule has 0 amide bonds. The molecule has 1 aliphatic rings. The summed E-state index contributed by atoms with van der Waals surface area (Å²) < 4.78 is 5.73. The van der Waals surface area contributed by atoms with E-state index in [4.69, 9.17) is 16.3 Å². The second kappa shape index (κ2) is 6.98. The molecule has 0 radical (unpaired) electrons. The average molecular weight is 269 g/mol. The summed E-state index contributed by atoms with van der Waals surface area (Å²) in [6.45, 7) is 3.99. The van der Waals surface area contributed by atoms with Gasteiger partial charge in [0.15, 0.2) is 0 Å². The van der Waals surface area contributed by atoms with E-state index in [2.05, 4.69) is 10.2 Å². The Morgan fingerprint density at radius 1 is 1.39 bits per heavy atom. The number of benzene rings is 1. The zero-order chi connectivity index (χ0) is 12.8. The summed E-state index contributed by atoms with van der Waals surface area (Å²) in [5, 5.41) is 4.00. The minimum Gasteiger partial charge on any atom is -0.492 e. The van der Waals surface area contributed by atoms with Crippen molar-refractivity contribution in [3.63, 3.8) is 0 Å². The molecule has 1 fully saturated rings. The average Bonchev–Trinajstić information content (AvgIpc) is 2.80.